The molecule has 1 N–H and O–H groups in total. The van der Waals surface area contributed by atoms with E-state index in [1.165, 1.54) is 11.1 Å². The minimum atomic E-state index is -0.0466. The number of likely N-dealkylation sites (N-methyl/N-ethyl adjacent to an activating group) is 1. The first kappa shape index (κ1) is 20.1. The molecule has 148 valence electrons. The normalized spacial score (nSPS) is 15.4. The second-order valence-electron chi connectivity index (χ2n) is 7.27. The Morgan fingerprint density at radius 1 is 1.04 bits per heavy atom. The minimum absolute atomic E-state index is 0.0162. The van der Waals surface area contributed by atoms with Crippen LogP contribution < -0.4 is 5.32 Å². The summed E-state index contributed by atoms with van der Waals surface area (Å²) in [5.74, 6) is -0.0304. The number of carbonyl (C=O) groups excluding carboxylic acids is 2. The number of carbonyl (C=O) groups is 2. The summed E-state index contributed by atoms with van der Waals surface area (Å²) in [6.07, 6.45) is 2.11. The van der Waals surface area contributed by atoms with Crippen molar-refractivity contribution in [3.63, 3.8) is 0 Å². The summed E-state index contributed by atoms with van der Waals surface area (Å²) in [4.78, 5) is 28.7. The average molecular weight is 380 g/mol. The number of aryl methyl sites for hydroxylation is 1. The zero-order chi connectivity index (χ0) is 20.1. The molecule has 3 rings (SSSR count). The van der Waals surface area contributed by atoms with E-state index in [0.717, 1.165) is 12.8 Å². The fraction of sp³-hybridized carbons (Fsp3) is 0.391. The highest BCUT2D eigenvalue weighted by Crippen LogP contribution is 2.34. The second-order valence-corrected chi connectivity index (χ2v) is 7.27. The summed E-state index contributed by atoms with van der Waals surface area (Å²) < 4.78 is 0. The number of fused-ring (bicyclic) bond motifs is 1. The Labute approximate surface area is 167 Å². The van der Waals surface area contributed by atoms with Crippen LogP contribution in [0.2, 0.25) is 0 Å². The molecule has 2 aromatic carbocycles. The number of nitrogens with zero attached hydrogens (tertiary/aromatic N) is 2. The van der Waals surface area contributed by atoms with Crippen LogP contribution in [0.1, 0.15) is 47.8 Å². The van der Waals surface area contributed by atoms with Crippen molar-refractivity contribution in [3.8, 4) is 0 Å². The van der Waals surface area contributed by atoms with Crippen LogP contribution in [0.15, 0.2) is 48.5 Å². The van der Waals surface area contributed by atoms with E-state index in [1.54, 1.807) is 29.2 Å². The van der Waals surface area contributed by atoms with Crippen molar-refractivity contribution in [1.82, 2.24) is 9.80 Å². The van der Waals surface area contributed by atoms with Gasteiger partial charge in [0.15, 0.2) is 0 Å². The minimum Gasteiger partial charge on any atom is -0.339 e. The highest BCUT2D eigenvalue weighted by Gasteiger charge is 2.26. The van der Waals surface area contributed by atoms with Gasteiger partial charge in [0.05, 0.1) is 6.54 Å². The molecule has 1 aliphatic rings. The second kappa shape index (κ2) is 9.02. The van der Waals surface area contributed by atoms with Gasteiger partial charge in [0.25, 0.3) is 5.91 Å². The van der Waals surface area contributed by atoms with Gasteiger partial charge in [-0.05, 0) is 69.1 Å². The highest BCUT2D eigenvalue weighted by atomic mass is 16.2. The molecule has 0 fully saturated rings. The van der Waals surface area contributed by atoms with Gasteiger partial charge in [0, 0.05) is 30.4 Å². The Kier molecular flexibility index (Phi) is 6.47. The molecule has 0 unspecified atom stereocenters. The van der Waals surface area contributed by atoms with E-state index in [-0.39, 0.29) is 17.9 Å². The summed E-state index contributed by atoms with van der Waals surface area (Å²) in [6.45, 7) is 5.64. The number of benzene rings is 2. The van der Waals surface area contributed by atoms with E-state index >= 15 is 0 Å². The third-order valence-corrected chi connectivity index (χ3v) is 5.49. The van der Waals surface area contributed by atoms with Gasteiger partial charge < -0.3 is 10.2 Å². The predicted octanol–water partition coefficient (Wildman–Crippen LogP) is 3.73. The lowest BCUT2D eigenvalue weighted by Crippen LogP contribution is -2.32. The Hall–Kier alpha value is -2.66. The van der Waals surface area contributed by atoms with Crippen LogP contribution in [-0.4, -0.2) is 48.3 Å². The van der Waals surface area contributed by atoms with E-state index in [0.29, 0.717) is 30.9 Å². The number of anilines is 1. The molecular formula is C23H29N3O2. The van der Waals surface area contributed by atoms with Gasteiger partial charge in [-0.1, -0.05) is 24.3 Å². The number of hydrogen-bond donors (Lipinski definition) is 1. The van der Waals surface area contributed by atoms with Gasteiger partial charge in [-0.3, -0.25) is 14.5 Å². The number of amides is 2. The molecule has 0 spiro atoms. The first-order chi connectivity index (χ1) is 13.5. The van der Waals surface area contributed by atoms with Crippen molar-refractivity contribution in [2.24, 2.45) is 0 Å². The maximum absolute atomic E-state index is 12.5. The largest absolute Gasteiger partial charge is 0.339 e. The summed E-state index contributed by atoms with van der Waals surface area (Å²) >= 11 is 0. The van der Waals surface area contributed by atoms with Gasteiger partial charge >= 0.3 is 0 Å². The molecule has 1 aliphatic carbocycles. The van der Waals surface area contributed by atoms with Crippen molar-refractivity contribution < 1.29 is 9.59 Å². The fourth-order valence-corrected chi connectivity index (χ4v) is 3.92. The van der Waals surface area contributed by atoms with Crippen molar-refractivity contribution in [3.05, 3.63) is 65.2 Å². The van der Waals surface area contributed by atoms with E-state index in [9.17, 15) is 9.59 Å². The molecule has 5 heteroatoms. The number of rotatable bonds is 7. The summed E-state index contributed by atoms with van der Waals surface area (Å²) in [6, 6.07) is 15.9. The highest BCUT2D eigenvalue weighted by molar-refractivity contribution is 5.96. The third kappa shape index (κ3) is 4.42. The van der Waals surface area contributed by atoms with Gasteiger partial charge in [-0.15, -0.1) is 0 Å². The lowest BCUT2D eigenvalue weighted by Gasteiger charge is -2.24. The topological polar surface area (TPSA) is 52.7 Å². The first-order valence-corrected chi connectivity index (χ1v) is 10.0. The van der Waals surface area contributed by atoms with Crippen molar-refractivity contribution in [2.45, 2.75) is 32.7 Å². The van der Waals surface area contributed by atoms with Gasteiger partial charge in [0.2, 0.25) is 5.91 Å². The molecule has 1 atom stereocenters. The predicted molar refractivity (Wildman–Crippen MR) is 112 cm³/mol. The van der Waals surface area contributed by atoms with E-state index < -0.39 is 0 Å². The molecule has 0 saturated heterocycles. The van der Waals surface area contributed by atoms with E-state index in [1.807, 2.05) is 20.9 Å². The zero-order valence-corrected chi connectivity index (χ0v) is 16.9. The molecular weight excluding hydrogens is 350 g/mol. The first-order valence-electron chi connectivity index (χ1n) is 10.0. The van der Waals surface area contributed by atoms with Crippen LogP contribution in [0.5, 0.6) is 0 Å². The Morgan fingerprint density at radius 3 is 2.39 bits per heavy atom. The molecule has 0 aliphatic heterocycles. The van der Waals surface area contributed by atoms with Gasteiger partial charge in [0.1, 0.15) is 0 Å². The summed E-state index contributed by atoms with van der Waals surface area (Å²) in [5.41, 5.74) is 4.06. The molecule has 2 amide bonds. The monoisotopic (exact) mass is 379 g/mol. The van der Waals surface area contributed by atoms with E-state index in [2.05, 4.69) is 34.5 Å². The quantitative estimate of drug-likeness (QED) is 0.798. The maximum Gasteiger partial charge on any atom is 0.253 e. The smallest absolute Gasteiger partial charge is 0.253 e. The van der Waals surface area contributed by atoms with Crippen LogP contribution in [-0.2, 0) is 11.2 Å². The SMILES string of the molecule is CCN(CC)C(=O)c1ccc(NC(=O)CN(C)[C@@H]2CCc3ccccc32)cc1. The maximum atomic E-state index is 12.5. The lowest BCUT2D eigenvalue weighted by atomic mass is 10.1. The Balaban J connectivity index is 1.57. The molecule has 0 bridgehead atoms. The molecule has 0 saturated carbocycles. The van der Waals surface area contributed by atoms with Crippen LogP contribution in [0, 0.1) is 0 Å². The molecule has 0 aromatic heterocycles. The van der Waals surface area contributed by atoms with Crippen molar-refractivity contribution in [1.29, 1.82) is 0 Å². The summed E-state index contributed by atoms with van der Waals surface area (Å²) in [5, 5.41) is 2.94. The molecule has 5 nitrogen and oxygen atoms in total. The number of hydrogen-bond acceptors (Lipinski definition) is 3. The van der Waals surface area contributed by atoms with Crippen molar-refractivity contribution >= 4 is 17.5 Å². The lowest BCUT2D eigenvalue weighted by molar-refractivity contribution is -0.117. The Morgan fingerprint density at radius 2 is 1.71 bits per heavy atom. The molecule has 0 heterocycles. The molecule has 28 heavy (non-hydrogen) atoms. The standard InChI is InChI=1S/C23H29N3O2/c1-4-26(5-2)23(28)18-10-13-19(14-11-18)24-22(27)16-25(3)21-15-12-17-8-6-7-9-20(17)21/h6-11,13-14,21H,4-5,12,15-16H2,1-3H3,(H,24,27)/t21-/m1/s1. The van der Waals surface area contributed by atoms with Gasteiger partial charge in [-0.2, -0.15) is 0 Å². The van der Waals surface area contributed by atoms with Crippen LogP contribution in [0.3, 0.4) is 0 Å². The zero-order valence-electron chi connectivity index (χ0n) is 16.9. The number of nitrogens with one attached hydrogen (secondary N) is 1. The molecule has 2 aromatic rings. The fourth-order valence-electron chi connectivity index (χ4n) is 3.92. The van der Waals surface area contributed by atoms with Crippen LogP contribution >= 0.6 is 0 Å². The van der Waals surface area contributed by atoms with Crippen LogP contribution in [0.25, 0.3) is 0 Å². The Bertz CT molecular complexity index is 828. The van der Waals surface area contributed by atoms with Gasteiger partial charge in [-0.25, -0.2) is 0 Å². The molecule has 0 radical (unpaired) electrons. The van der Waals surface area contributed by atoms with Crippen molar-refractivity contribution in [2.75, 3.05) is 32.0 Å². The average Bonchev–Trinajstić information content (AvgIpc) is 3.13. The summed E-state index contributed by atoms with van der Waals surface area (Å²) in [7, 11) is 2.00. The van der Waals surface area contributed by atoms with E-state index in [4.69, 9.17) is 0 Å². The van der Waals surface area contributed by atoms with Crippen LogP contribution in [0.4, 0.5) is 5.69 Å². The third-order valence-electron chi connectivity index (χ3n) is 5.49.